The van der Waals surface area contributed by atoms with Crippen LogP contribution in [-0.4, -0.2) is 11.8 Å². The molecular formula is C15H12BrN3O2. The number of anilines is 1. The minimum Gasteiger partial charge on any atom is -0.454 e. The van der Waals surface area contributed by atoms with E-state index in [1.165, 1.54) is 0 Å². The predicted molar refractivity (Wildman–Crippen MR) is 81.3 cm³/mol. The van der Waals surface area contributed by atoms with E-state index in [4.69, 9.17) is 14.7 Å². The van der Waals surface area contributed by atoms with Gasteiger partial charge >= 0.3 is 0 Å². The van der Waals surface area contributed by atoms with Gasteiger partial charge in [0.15, 0.2) is 11.5 Å². The summed E-state index contributed by atoms with van der Waals surface area (Å²) in [4.78, 5) is 4.26. The van der Waals surface area contributed by atoms with E-state index < -0.39 is 0 Å². The molecule has 0 fully saturated rings. The van der Waals surface area contributed by atoms with Gasteiger partial charge in [-0.25, -0.2) is 4.98 Å². The van der Waals surface area contributed by atoms with E-state index in [9.17, 15) is 0 Å². The average Bonchev–Trinajstić information content (AvgIpc) is 2.95. The highest BCUT2D eigenvalue weighted by atomic mass is 79.9. The summed E-state index contributed by atoms with van der Waals surface area (Å²) in [6, 6.07) is 9.72. The fourth-order valence-corrected chi connectivity index (χ4v) is 2.66. The average molecular weight is 346 g/mol. The van der Waals surface area contributed by atoms with Crippen molar-refractivity contribution in [2.24, 2.45) is 0 Å². The molecule has 0 aliphatic carbocycles. The third-order valence-corrected chi connectivity index (χ3v) is 3.75. The fourth-order valence-electron chi connectivity index (χ4n) is 2.06. The van der Waals surface area contributed by atoms with Gasteiger partial charge in [-0.15, -0.1) is 0 Å². The lowest BCUT2D eigenvalue weighted by molar-refractivity contribution is 0.173. The SMILES string of the molecule is Cc1ccc(NCc2cc(Br)c3c(c2)OCO3)nc1C#N. The second kappa shape index (κ2) is 5.62. The number of hydrogen-bond donors (Lipinski definition) is 1. The molecule has 0 atom stereocenters. The summed E-state index contributed by atoms with van der Waals surface area (Å²) in [5.41, 5.74) is 2.34. The summed E-state index contributed by atoms with van der Waals surface area (Å²) < 4.78 is 11.6. The number of halogens is 1. The highest BCUT2D eigenvalue weighted by molar-refractivity contribution is 9.10. The summed E-state index contributed by atoms with van der Waals surface area (Å²) in [6.45, 7) is 2.69. The molecule has 3 rings (SSSR count). The Morgan fingerprint density at radius 1 is 1.38 bits per heavy atom. The molecule has 1 aliphatic rings. The number of nitriles is 1. The number of pyridine rings is 1. The van der Waals surface area contributed by atoms with Crippen molar-refractivity contribution >= 4 is 21.7 Å². The lowest BCUT2D eigenvalue weighted by Crippen LogP contribution is -2.03. The van der Waals surface area contributed by atoms with Crippen LogP contribution in [0.2, 0.25) is 0 Å². The first-order chi connectivity index (χ1) is 10.2. The van der Waals surface area contributed by atoms with Crippen molar-refractivity contribution in [3.05, 3.63) is 45.6 Å². The Balaban J connectivity index is 1.77. The molecule has 0 radical (unpaired) electrons. The molecule has 0 saturated heterocycles. The van der Waals surface area contributed by atoms with Gasteiger partial charge in [0.2, 0.25) is 6.79 Å². The fraction of sp³-hybridized carbons (Fsp3) is 0.200. The van der Waals surface area contributed by atoms with Crippen LogP contribution in [0.25, 0.3) is 0 Å². The molecular weight excluding hydrogens is 334 g/mol. The molecule has 1 aliphatic heterocycles. The van der Waals surface area contributed by atoms with Crippen LogP contribution in [0.15, 0.2) is 28.7 Å². The Hall–Kier alpha value is -2.26. The third kappa shape index (κ3) is 2.78. The van der Waals surface area contributed by atoms with Crippen molar-refractivity contribution in [3.63, 3.8) is 0 Å². The van der Waals surface area contributed by atoms with Gasteiger partial charge in [-0.05, 0) is 52.2 Å². The summed E-state index contributed by atoms with van der Waals surface area (Å²) in [7, 11) is 0. The van der Waals surface area contributed by atoms with Crippen LogP contribution >= 0.6 is 15.9 Å². The molecule has 0 bridgehead atoms. The van der Waals surface area contributed by atoms with Gasteiger partial charge in [0.1, 0.15) is 17.6 Å². The first-order valence-electron chi connectivity index (χ1n) is 6.37. The van der Waals surface area contributed by atoms with Gasteiger partial charge in [-0.2, -0.15) is 5.26 Å². The predicted octanol–water partition coefficient (Wildman–Crippen LogP) is 3.37. The minimum atomic E-state index is 0.246. The van der Waals surface area contributed by atoms with Gasteiger partial charge in [0.05, 0.1) is 4.47 Å². The monoisotopic (exact) mass is 345 g/mol. The Morgan fingerprint density at radius 2 is 2.24 bits per heavy atom. The van der Waals surface area contributed by atoms with Crippen LogP contribution in [0.1, 0.15) is 16.8 Å². The van der Waals surface area contributed by atoms with Crippen LogP contribution < -0.4 is 14.8 Å². The van der Waals surface area contributed by atoms with E-state index in [1.807, 2.05) is 31.2 Å². The smallest absolute Gasteiger partial charge is 0.231 e. The molecule has 0 spiro atoms. The lowest BCUT2D eigenvalue weighted by Gasteiger charge is -2.08. The number of aromatic nitrogens is 1. The quantitative estimate of drug-likeness (QED) is 0.923. The van der Waals surface area contributed by atoms with Crippen LogP contribution in [0.5, 0.6) is 11.5 Å². The molecule has 1 N–H and O–H groups in total. The summed E-state index contributed by atoms with van der Waals surface area (Å²) in [6.07, 6.45) is 0. The largest absolute Gasteiger partial charge is 0.454 e. The van der Waals surface area contributed by atoms with E-state index in [1.54, 1.807) is 0 Å². The van der Waals surface area contributed by atoms with Gasteiger partial charge in [0.25, 0.3) is 0 Å². The zero-order valence-electron chi connectivity index (χ0n) is 11.3. The molecule has 0 unspecified atom stereocenters. The molecule has 0 amide bonds. The number of aryl methyl sites for hydroxylation is 1. The second-order valence-corrected chi connectivity index (χ2v) is 5.49. The van der Waals surface area contributed by atoms with E-state index in [-0.39, 0.29) is 6.79 Å². The summed E-state index contributed by atoms with van der Waals surface area (Å²) >= 11 is 3.47. The number of rotatable bonds is 3. The van der Waals surface area contributed by atoms with Gasteiger partial charge < -0.3 is 14.8 Å². The maximum absolute atomic E-state index is 8.99. The van der Waals surface area contributed by atoms with E-state index in [0.717, 1.165) is 27.1 Å². The Labute approximate surface area is 130 Å². The van der Waals surface area contributed by atoms with Crippen molar-refractivity contribution in [1.29, 1.82) is 5.26 Å². The number of nitrogens with one attached hydrogen (secondary N) is 1. The highest BCUT2D eigenvalue weighted by Crippen LogP contribution is 2.40. The molecule has 2 aromatic rings. The van der Waals surface area contributed by atoms with Crippen molar-refractivity contribution in [2.45, 2.75) is 13.5 Å². The molecule has 2 heterocycles. The zero-order valence-corrected chi connectivity index (χ0v) is 12.9. The third-order valence-electron chi connectivity index (χ3n) is 3.16. The molecule has 0 saturated carbocycles. The van der Waals surface area contributed by atoms with Crippen LogP contribution in [0, 0.1) is 18.3 Å². The first kappa shape index (κ1) is 13.7. The van der Waals surface area contributed by atoms with Crippen LogP contribution in [-0.2, 0) is 6.54 Å². The van der Waals surface area contributed by atoms with Gasteiger partial charge in [-0.3, -0.25) is 0 Å². The molecule has 21 heavy (non-hydrogen) atoms. The number of benzene rings is 1. The van der Waals surface area contributed by atoms with Crippen LogP contribution in [0.3, 0.4) is 0 Å². The Morgan fingerprint density at radius 3 is 3.05 bits per heavy atom. The number of fused-ring (bicyclic) bond motifs is 1. The second-order valence-electron chi connectivity index (χ2n) is 4.64. The van der Waals surface area contributed by atoms with E-state index in [2.05, 4.69) is 32.3 Å². The molecule has 1 aromatic carbocycles. The van der Waals surface area contributed by atoms with Crippen molar-refractivity contribution in [1.82, 2.24) is 4.98 Å². The maximum Gasteiger partial charge on any atom is 0.231 e. The number of ether oxygens (including phenoxy) is 2. The van der Waals surface area contributed by atoms with Gasteiger partial charge in [-0.1, -0.05) is 6.07 Å². The molecule has 106 valence electrons. The molecule has 6 heteroatoms. The topological polar surface area (TPSA) is 67.2 Å². The number of hydrogen-bond acceptors (Lipinski definition) is 5. The van der Waals surface area contributed by atoms with Crippen molar-refractivity contribution in [2.75, 3.05) is 12.1 Å². The Kier molecular flexibility index (Phi) is 3.67. The number of nitrogens with zero attached hydrogens (tertiary/aromatic N) is 2. The normalized spacial score (nSPS) is 12.0. The maximum atomic E-state index is 8.99. The highest BCUT2D eigenvalue weighted by Gasteiger charge is 2.17. The minimum absolute atomic E-state index is 0.246. The standard InChI is InChI=1S/C15H12BrN3O2/c1-9-2-3-14(19-12(9)6-17)18-7-10-4-11(16)15-13(5-10)20-8-21-15/h2-5H,7-8H2,1H3,(H,18,19). The molecule has 1 aromatic heterocycles. The van der Waals surface area contributed by atoms with E-state index >= 15 is 0 Å². The zero-order chi connectivity index (χ0) is 14.8. The van der Waals surface area contributed by atoms with Gasteiger partial charge in [0, 0.05) is 6.54 Å². The van der Waals surface area contributed by atoms with Crippen molar-refractivity contribution < 1.29 is 9.47 Å². The van der Waals surface area contributed by atoms with Crippen LogP contribution in [0.4, 0.5) is 5.82 Å². The van der Waals surface area contributed by atoms with Crippen molar-refractivity contribution in [3.8, 4) is 17.6 Å². The molecule has 5 nitrogen and oxygen atoms in total. The van der Waals surface area contributed by atoms with E-state index in [0.29, 0.717) is 18.1 Å². The first-order valence-corrected chi connectivity index (χ1v) is 7.16. The summed E-state index contributed by atoms with van der Waals surface area (Å²) in [5, 5.41) is 12.2. The summed E-state index contributed by atoms with van der Waals surface area (Å²) in [5.74, 6) is 2.14. The Bertz CT molecular complexity index is 740. The lowest BCUT2D eigenvalue weighted by atomic mass is 10.2.